The summed E-state index contributed by atoms with van der Waals surface area (Å²) in [6.07, 6.45) is 1.03. The fourth-order valence-corrected chi connectivity index (χ4v) is 0.988. The molecule has 0 aromatic heterocycles. The number of hydrogen-bond acceptors (Lipinski definition) is 2. The summed E-state index contributed by atoms with van der Waals surface area (Å²) < 4.78 is 10.8. The van der Waals surface area contributed by atoms with E-state index in [1.54, 1.807) is 0 Å². The van der Waals surface area contributed by atoms with Crippen molar-refractivity contribution in [2.45, 2.75) is 11.4 Å². The molecular weight excluding hydrogens is 123 g/mol. The molecule has 0 N–H and O–H groups in total. The quantitative estimate of drug-likeness (QED) is 0.368. The predicted molar refractivity (Wildman–Crippen MR) is 50.6 cm³/mol. The molecule has 0 saturated carbocycles. The zero-order valence-corrected chi connectivity index (χ0v) is 7.02. The Morgan fingerprint density at radius 2 is 1.60 bits per heavy atom. The maximum atomic E-state index is 5.42. The van der Waals surface area contributed by atoms with E-state index in [4.69, 9.17) is 9.31 Å². The smallest absolute Gasteiger partial charge is 0.412 e. The summed E-state index contributed by atoms with van der Waals surface area (Å²) in [4.78, 5) is 0. The summed E-state index contributed by atoms with van der Waals surface area (Å²) >= 11 is 0. The van der Waals surface area contributed by atoms with E-state index in [1.807, 2.05) is 0 Å². The first-order chi connectivity index (χ1) is 4.61. The molecule has 6 heteroatoms. The van der Waals surface area contributed by atoms with Crippen LogP contribution in [0.15, 0.2) is 0 Å². The van der Waals surface area contributed by atoms with Gasteiger partial charge in [0, 0.05) is 13.2 Å². The maximum Gasteiger partial charge on any atom is 0.438 e. The zero-order chi connectivity index (χ0) is 7.61. The molecule has 0 unspecified atom stereocenters. The van der Waals surface area contributed by atoms with E-state index in [1.165, 1.54) is 0 Å². The van der Waals surface area contributed by atoms with Crippen LogP contribution >= 0.6 is 0 Å². The average molecular weight is 135 g/mol. The monoisotopic (exact) mass is 136 g/mol. The highest BCUT2D eigenvalue weighted by atomic mass is 16.6. The topological polar surface area (TPSA) is 18.5 Å². The molecule has 0 spiro atoms. The van der Waals surface area contributed by atoms with Gasteiger partial charge >= 0.3 is 7.12 Å². The molecule has 0 aliphatic carbocycles. The van der Waals surface area contributed by atoms with Crippen molar-refractivity contribution in [3.63, 3.8) is 0 Å². The molecule has 1 fully saturated rings. The van der Waals surface area contributed by atoms with Crippen molar-refractivity contribution >= 4 is 30.7 Å². The molecule has 52 valence electrons. The number of hydrogen-bond donors (Lipinski definition) is 0. The van der Waals surface area contributed by atoms with Crippen LogP contribution in [-0.2, 0) is 9.31 Å². The maximum absolute atomic E-state index is 5.42. The molecule has 2 nitrogen and oxygen atoms in total. The van der Waals surface area contributed by atoms with E-state index < -0.39 is 0 Å². The highest BCUT2D eigenvalue weighted by Gasteiger charge is 2.34. The van der Waals surface area contributed by atoms with Crippen LogP contribution in [-0.4, -0.2) is 43.9 Å². The second-order valence-electron chi connectivity index (χ2n) is 3.79. The Labute approximate surface area is 65.4 Å². The van der Waals surface area contributed by atoms with Crippen molar-refractivity contribution in [2.75, 3.05) is 13.2 Å². The van der Waals surface area contributed by atoms with Crippen LogP contribution in [0.5, 0.6) is 0 Å². The third kappa shape index (κ3) is 2.10. The van der Waals surface area contributed by atoms with Gasteiger partial charge in [0.25, 0.3) is 0 Å². The fourth-order valence-electron chi connectivity index (χ4n) is 0.988. The third-order valence-corrected chi connectivity index (χ3v) is 1.53. The molecule has 1 rings (SSSR count). The second kappa shape index (κ2) is 3.05. The third-order valence-electron chi connectivity index (χ3n) is 1.53. The summed E-state index contributed by atoms with van der Waals surface area (Å²) in [5.41, 5.74) is 0. The van der Waals surface area contributed by atoms with Gasteiger partial charge in [-0.25, -0.2) is 0 Å². The fraction of sp³-hybridized carbons (Fsp3) is 1.00. The van der Waals surface area contributed by atoms with Crippen LogP contribution in [0.2, 0.25) is 5.01 Å². The molecule has 0 aromatic rings. The Kier molecular flexibility index (Phi) is 2.53. The lowest BCUT2D eigenvalue weighted by molar-refractivity contribution is 0.133. The first-order valence-corrected chi connectivity index (χ1v) is 3.84. The van der Waals surface area contributed by atoms with E-state index in [-0.39, 0.29) is 12.1 Å². The first-order valence-electron chi connectivity index (χ1n) is 3.84. The van der Waals surface area contributed by atoms with Crippen LogP contribution in [0, 0.1) is 0 Å². The Balaban J connectivity index is 2.39. The number of rotatable bonds is 1. The minimum absolute atomic E-state index is 0.00116. The molecule has 0 bridgehead atoms. The Hall–Kier alpha value is 0.180. The van der Waals surface area contributed by atoms with Crippen molar-refractivity contribution in [1.82, 2.24) is 0 Å². The summed E-state index contributed by atoms with van der Waals surface area (Å²) in [7, 11) is 6.39. The van der Waals surface area contributed by atoms with Gasteiger partial charge in [-0.1, -0.05) is 5.01 Å². The lowest BCUT2D eigenvalue weighted by Gasteiger charge is -2.29. The SMILES string of the molecule is BC(B)(B)B1OCCCO1. The molecule has 1 aliphatic heterocycles. The summed E-state index contributed by atoms with van der Waals surface area (Å²) in [6, 6.07) is 0. The standard InChI is InChI=1S/C4H12B4O2/c5-4(6,7)8-9-2-1-3-10-8/h1-3,5-7H2. The van der Waals surface area contributed by atoms with E-state index in [0.29, 0.717) is 0 Å². The van der Waals surface area contributed by atoms with Crippen molar-refractivity contribution in [2.24, 2.45) is 0 Å². The van der Waals surface area contributed by atoms with Gasteiger partial charge in [-0.2, -0.15) is 0 Å². The summed E-state index contributed by atoms with van der Waals surface area (Å²) in [5.74, 6) is 0. The lowest BCUT2D eigenvalue weighted by Crippen LogP contribution is -2.43. The van der Waals surface area contributed by atoms with Gasteiger partial charge in [0.1, 0.15) is 0 Å². The molecule has 0 amide bonds. The van der Waals surface area contributed by atoms with E-state index in [2.05, 4.69) is 23.5 Å². The van der Waals surface area contributed by atoms with Gasteiger partial charge in [-0.15, -0.1) is 0 Å². The van der Waals surface area contributed by atoms with Gasteiger partial charge in [0.05, 0.1) is 23.5 Å². The highest BCUT2D eigenvalue weighted by molar-refractivity contribution is 6.84. The van der Waals surface area contributed by atoms with Crippen LogP contribution in [0.1, 0.15) is 6.42 Å². The largest absolute Gasteiger partial charge is 0.438 e. The Morgan fingerprint density at radius 3 is 1.90 bits per heavy atom. The van der Waals surface area contributed by atoms with Crippen molar-refractivity contribution in [1.29, 1.82) is 0 Å². The molecule has 1 aliphatic rings. The summed E-state index contributed by atoms with van der Waals surface area (Å²) in [5, 5.41) is 0.125. The minimum atomic E-state index is 0.00116. The van der Waals surface area contributed by atoms with E-state index in [9.17, 15) is 0 Å². The minimum Gasteiger partial charge on any atom is -0.412 e. The Bertz CT molecular complexity index is 106. The first kappa shape index (κ1) is 8.28. The normalized spacial score (nSPS) is 21.0. The highest BCUT2D eigenvalue weighted by Crippen LogP contribution is 2.19. The molecule has 0 atom stereocenters. The van der Waals surface area contributed by atoms with Crippen molar-refractivity contribution in [3.05, 3.63) is 0 Å². The molecule has 0 radical (unpaired) electrons. The molecule has 0 aromatic carbocycles. The zero-order valence-electron chi connectivity index (χ0n) is 7.02. The van der Waals surface area contributed by atoms with Crippen LogP contribution < -0.4 is 0 Å². The van der Waals surface area contributed by atoms with Crippen LogP contribution in [0.3, 0.4) is 0 Å². The second-order valence-corrected chi connectivity index (χ2v) is 3.79. The van der Waals surface area contributed by atoms with Gasteiger partial charge in [-0.3, -0.25) is 0 Å². The van der Waals surface area contributed by atoms with Gasteiger partial charge in [-0.05, 0) is 6.42 Å². The summed E-state index contributed by atoms with van der Waals surface area (Å²) in [6.45, 7) is 1.70. The van der Waals surface area contributed by atoms with E-state index in [0.717, 1.165) is 19.6 Å². The molecule has 10 heavy (non-hydrogen) atoms. The van der Waals surface area contributed by atoms with Crippen LogP contribution in [0.25, 0.3) is 0 Å². The Morgan fingerprint density at radius 1 is 1.10 bits per heavy atom. The lowest BCUT2D eigenvalue weighted by atomic mass is 9.26. The van der Waals surface area contributed by atoms with Gasteiger partial charge in [0.15, 0.2) is 0 Å². The van der Waals surface area contributed by atoms with Gasteiger partial charge in [0.2, 0.25) is 0 Å². The van der Waals surface area contributed by atoms with E-state index >= 15 is 0 Å². The van der Waals surface area contributed by atoms with Gasteiger partial charge < -0.3 is 9.31 Å². The molecular formula is C4H12B4O2. The molecule has 1 heterocycles. The van der Waals surface area contributed by atoms with Crippen LogP contribution in [0.4, 0.5) is 0 Å². The van der Waals surface area contributed by atoms with Crippen molar-refractivity contribution in [3.8, 4) is 0 Å². The predicted octanol–water partition coefficient (Wildman–Crippen LogP) is -2.58. The average Bonchev–Trinajstić information content (AvgIpc) is 1.88. The van der Waals surface area contributed by atoms with Crippen molar-refractivity contribution < 1.29 is 9.31 Å². The molecule has 1 saturated heterocycles.